The van der Waals surface area contributed by atoms with Gasteiger partial charge in [-0.25, -0.2) is 0 Å². The second kappa shape index (κ2) is 4.30. The number of nitrogens with two attached hydrogens (primary N) is 1. The summed E-state index contributed by atoms with van der Waals surface area (Å²) in [7, 11) is 1.98. The van der Waals surface area contributed by atoms with Crippen molar-refractivity contribution in [2.75, 3.05) is 7.05 Å². The molecule has 2 rings (SSSR count). The standard InChI is InChI=1S/C14H20N2/c1-9-6-14(11-4-5-11)12(8-16-3)7-13(9)10(2)15/h6-7,11,16H,2,4-5,8,15H2,1,3H3. The van der Waals surface area contributed by atoms with Crippen molar-refractivity contribution in [2.45, 2.75) is 32.2 Å². The second-order valence-electron chi connectivity index (χ2n) is 4.70. The lowest BCUT2D eigenvalue weighted by atomic mass is 9.95. The summed E-state index contributed by atoms with van der Waals surface area (Å²) in [6, 6.07) is 4.49. The van der Waals surface area contributed by atoms with Gasteiger partial charge < -0.3 is 11.1 Å². The van der Waals surface area contributed by atoms with Gasteiger partial charge in [-0.05, 0) is 55.5 Å². The van der Waals surface area contributed by atoms with E-state index in [4.69, 9.17) is 5.73 Å². The number of aryl methyl sites for hydroxylation is 1. The van der Waals surface area contributed by atoms with E-state index < -0.39 is 0 Å². The third kappa shape index (κ3) is 2.12. The largest absolute Gasteiger partial charge is 0.399 e. The molecule has 0 unspecified atom stereocenters. The molecule has 0 aliphatic heterocycles. The molecule has 0 saturated heterocycles. The Morgan fingerprint density at radius 1 is 1.50 bits per heavy atom. The molecular formula is C14H20N2. The maximum atomic E-state index is 5.81. The van der Waals surface area contributed by atoms with Gasteiger partial charge in [0.25, 0.3) is 0 Å². The third-order valence-electron chi connectivity index (χ3n) is 3.22. The van der Waals surface area contributed by atoms with Crippen molar-refractivity contribution >= 4 is 5.70 Å². The quantitative estimate of drug-likeness (QED) is 0.811. The highest BCUT2D eigenvalue weighted by atomic mass is 14.8. The topological polar surface area (TPSA) is 38.0 Å². The van der Waals surface area contributed by atoms with Gasteiger partial charge in [0.15, 0.2) is 0 Å². The molecule has 2 nitrogen and oxygen atoms in total. The van der Waals surface area contributed by atoms with Crippen LogP contribution in [0.25, 0.3) is 5.70 Å². The summed E-state index contributed by atoms with van der Waals surface area (Å²) < 4.78 is 0. The molecule has 0 aromatic heterocycles. The van der Waals surface area contributed by atoms with Crippen LogP contribution >= 0.6 is 0 Å². The van der Waals surface area contributed by atoms with E-state index in [2.05, 4.69) is 31.0 Å². The van der Waals surface area contributed by atoms with Crippen LogP contribution in [0.15, 0.2) is 18.7 Å². The average Bonchev–Trinajstić information content (AvgIpc) is 3.03. The second-order valence-corrected chi connectivity index (χ2v) is 4.70. The maximum absolute atomic E-state index is 5.81. The van der Waals surface area contributed by atoms with Gasteiger partial charge in [0.1, 0.15) is 0 Å². The van der Waals surface area contributed by atoms with Crippen LogP contribution in [0.2, 0.25) is 0 Å². The Bertz CT molecular complexity index is 417. The Labute approximate surface area is 97.5 Å². The summed E-state index contributed by atoms with van der Waals surface area (Å²) >= 11 is 0. The van der Waals surface area contributed by atoms with Gasteiger partial charge in [-0.2, -0.15) is 0 Å². The van der Waals surface area contributed by atoms with Crippen LogP contribution in [0.4, 0.5) is 0 Å². The molecule has 86 valence electrons. The Kier molecular flexibility index (Phi) is 3.01. The zero-order chi connectivity index (χ0) is 11.7. The molecule has 1 saturated carbocycles. The minimum absolute atomic E-state index is 0.664. The Hall–Kier alpha value is -1.28. The minimum atomic E-state index is 0.664. The molecule has 1 aliphatic rings. The molecule has 0 radical (unpaired) electrons. The number of nitrogens with one attached hydrogen (secondary N) is 1. The molecule has 1 aromatic rings. The summed E-state index contributed by atoms with van der Waals surface area (Å²) in [6.45, 7) is 6.86. The highest BCUT2D eigenvalue weighted by Gasteiger charge is 2.26. The first-order valence-electron chi connectivity index (χ1n) is 5.86. The first-order chi connectivity index (χ1) is 7.63. The molecule has 0 atom stereocenters. The summed E-state index contributed by atoms with van der Waals surface area (Å²) in [5, 5.41) is 3.22. The van der Waals surface area contributed by atoms with Crippen molar-refractivity contribution in [3.8, 4) is 0 Å². The Balaban J connectivity index is 2.45. The molecule has 1 aromatic carbocycles. The fourth-order valence-electron chi connectivity index (χ4n) is 2.24. The van der Waals surface area contributed by atoms with Crippen molar-refractivity contribution in [3.63, 3.8) is 0 Å². The van der Waals surface area contributed by atoms with Gasteiger partial charge in [-0.1, -0.05) is 12.6 Å². The van der Waals surface area contributed by atoms with Crippen LogP contribution in [0, 0.1) is 6.92 Å². The van der Waals surface area contributed by atoms with Crippen molar-refractivity contribution < 1.29 is 0 Å². The van der Waals surface area contributed by atoms with Gasteiger partial charge in [-0.3, -0.25) is 0 Å². The van der Waals surface area contributed by atoms with E-state index in [1.165, 1.54) is 29.5 Å². The molecule has 16 heavy (non-hydrogen) atoms. The number of hydrogen-bond donors (Lipinski definition) is 2. The first kappa shape index (κ1) is 11.2. The van der Waals surface area contributed by atoms with Crippen molar-refractivity contribution in [3.05, 3.63) is 41.0 Å². The van der Waals surface area contributed by atoms with Gasteiger partial charge >= 0.3 is 0 Å². The van der Waals surface area contributed by atoms with Crippen LogP contribution in [0.5, 0.6) is 0 Å². The summed E-state index contributed by atoms with van der Waals surface area (Å²) in [5.41, 5.74) is 11.7. The highest BCUT2D eigenvalue weighted by Crippen LogP contribution is 2.42. The smallest absolute Gasteiger partial charge is 0.0317 e. The zero-order valence-corrected chi connectivity index (χ0v) is 10.1. The molecule has 1 aliphatic carbocycles. The molecule has 3 N–H and O–H groups in total. The number of benzene rings is 1. The zero-order valence-electron chi connectivity index (χ0n) is 10.1. The fourth-order valence-corrected chi connectivity index (χ4v) is 2.24. The van der Waals surface area contributed by atoms with Crippen LogP contribution in [-0.4, -0.2) is 7.05 Å². The van der Waals surface area contributed by atoms with E-state index in [0.717, 1.165) is 18.0 Å². The van der Waals surface area contributed by atoms with Crippen molar-refractivity contribution in [1.29, 1.82) is 0 Å². The van der Waals surface area contributed by atoms with Gasteiger partial charge in [0.05, 0.1) is 0 Å². The molecule has 0 heterocycles. The Morgan fingerprint density at radius 3 is 2.69 bits per heavy atom. The molecule has 1 fully saturated rings. The number of hydrogen-bond acceptors (Lipinski definition) is 2. The lowest BCUT2D eigenvalue weighted by molar-refractivity contribution is 0.803. The summed E-state index contributed by atoms with van der Waals surface area (Å²) in [5.74, 6) is 0.780. The third-order valence-corrected chi connectivity index (χ3v) is 3.22. The average molecular weight is 216 g/mol. The lowest BCUT2D eigenvalue weighted by Crippen LogP contribution is -2.09. The SMILES string of the molecule is C=C(N)c1cc(CNC)c(C2CC2)cc1C. The van der Waals surface area contributed by atoms with E-state index in [1.807, 2.05) is 7.05 Å². The monoisotopic (exact) mass is 216 g/mol. The van der Waals surface area contributed by atoms with E-state index in [0.29, 0.717) is 5.70 Å². The summed E-state index contributed by atoms with van der Waals surface area (Å²) in [4.78, 5) is 0. The summed E-state index contributed by atoms with van der Waals surface area (Å²) in [6.07, 6.45) is 2.66. The van der Waals surface area contributed by atoms with E-state index in [1.54, 1.807) is 0 Å². The van der Waals surface area contributed by atoms with Crippen molar-refractivity contribution in [2.24, 2.45) is 5.73 Å². The minimum Gasteiger partial charge on any atom is -0.399 e. The Morgan fingerprint density at radius 2 is 2.19 bits per heavy atom. The normalized spacial score (nSPS) is 15.1. The maximum Gasteiger partial charge on any atom is 0.0317 e. The molecule has 0 amide bonds. The van der Waals surface area contributed by atoms with Gasteiger partial charge in [0.2, 0.25) is 0 Å². The van der Waals surface area contributed by atoms with Gasteiger partial charge in [0, 0.05) is 17.8 Å². The van der Waals surface area contributed by atoms with Crippen LogP contribution in [0.1, 0.15) is 41.0 Å². The molecule has 2 heteroatoms. The van der Waals surface area contributed by atoms with Crippen LogP contribution in [0.3, 0.4) is 0 Å². The van der Waals surface area contributed by atoms with Gasteiger partial charge in [-0.15, -0.1) is 0 Å². The van der Waals surface area contributed by atoms with Crippen molar-refractivity contribution in [1.82, 2.24) is 5.32 Å². The van der Waals surface area contributed by atoms with E-state index >= 15 is 0 Å². The fraction of sp³-hybridized carbons (Fsp3) is 0.429. The number of rotatable bonds is 4. The van der Waals surface area contributed by atoms with Crippen LogP contribution < -0.4 is 11.1 Å². The predicted molar refractivity (Wildman–Crippen MR) is 69.1 cm³/mol. The molecule has 0 bridgehead atoms. The lowest BCUT2D eigenvalue weighted by Gasteiger charge is -2.14. The van der Waals surface area contributed by atoms with E-state index in [-0.39, 0.29) is 0 Å². The molecular weight excluding hydrogens is 196 g/mol. The first-order valence-corrected chi connectivity index (χ1v) is 5.86. The highest BCUT2D eigenvalue weighted by molar-refractivity contribution is 5.65. The predicted octanol–water partition coefficient (Wildman–Crippen LogP) is 2.52. The molecule has 0 spiro atoms. The van der Waals surface area contributed by atoms with Crippen LogP contribution in [-0.2, 0) is 6.54 Å². The van der Waals surface area contributed by atoms with E-state index in [9.17, 15) is 0 Å².